The fourth-order valence-electron chi connectivity index (χ4n) is 2.40. The van der Waals surface area contributed by atoms with E-state index in [1.165, 1.54) is 17.8 Å². The predicted molar refractivity (Wildman–Crippen MR) is 81.3 cm³/mol. The third-order valence-corrected chi connectivity index (χ3v) is 4.82. The standard InChI is InChI=1S/C13H19N5O2S/c14-11-10(21-13(17-11)16-8-3-1-4-8)12(20)18-6-2-5-15-9(19)7-18/h8H,1-7,14H2,(H,15,19)(H,16,17). The summed E-state index contributed by atoms with van der Waals surface area (Å²) in [6, 6.07) is 0.447. The lowest BCUT2D eigenvalue weighted by atomic mass is 9.93. The SMILES string of the molecule is Nc1nc(NC2CCC2)sc1C(=O)N1CCCNC(=O)C1. The van der Waals surface area contributed by atoms with Crippen molar-refractivity contribution in [2.75, 3.05) is 30.7 Å². The van der Waals surface area contributed by atoms with Crippen molar-refractivity contribution in [3.63, 3.8) is 0 Å². The molecular formula is C13H19N5O2S. The van der Waals surface area contributed by atoms with Crippen LogP contribution in [0, 0.1) is 0 Å². The molecule has 0 aromatic carbocycles. The van der Waals surface area contributed by atoms with Crippen molar-refractivity contribution in [3.8, 4) is 0 Å². The fourth-order valence-corrected chi connectivity index (χ4v) is 3.33. The van der Waals surface area contributed by atoms with E-state index in [4.69, 9.17) is 5.73 Å². The Labute approximate surface area is 126 Å². The van der Waals surface area contributed by atoms with Crippen LogP contribution in [0.25, 0.3) is 0 Å². The van der Waals surface area contributed by atoms with Gasteiger partial charge in [0.05, 0.1) is 6.54 Å². The smallest absolute Gasteiger partial charge is 0.268 e. The zero-order chi connectivity index (χ0) is 14.8. The van der Waals surface area contributed by atoms with Crippen molar-refractivity contribution in [1.29, 1.82) is 0 Å². The summed E-state index contributed by atoms with van der Waals surface area (Å²) in [5.41, 5.74) is 5.87. The molecule has 7 nitrogen and oxygen atoms in total. The number of anilines is 2. The summed E-state index contributed by atoms with van der Waals surface area (Å²) in [4.78, 5) is 30.3. The Bertz CT molecular complexity index is 555. The van der Waals surface area contributed by atoms with Crippen molar-refractivity contribution in [1.82, 2.24) is 15.2 Å². The molecule has 0 spiro atoms. The number of nitrogens with two attached hydrogens (primary N) is 1. The largest absolute Gasteiger partial charge is 0.382 e. The number of carbonyl (C=O) groups is 2. The Morgan fingerprint density at radius 3 is 2.95 bits per heavy atom. The van der Waals surface area contributed by atoms with Crippen LogP contribution in [0.1, 0.15) is 35.4 Å². The molecule has 2 heterocycles. The second-order valence-corrected chi connectivity index (χ2v) is 6.43. The highest BCUT2D eigenvalue weighted by Gasteiger charge is 2.26. The van der Waals surface area contributed by atoms with Crippen LogP contribution in [0.3, 0.4) is 0 Å². The van der Waals surface area contributed by atoms with Crippen molar-refractivity contribution in [2.24, 2.45) is 0 Å². The number of aromatic nitrogens is 1. The van der Waals surface area contributed by atoms with Crippen molar-refractivity contribution >= 4 is 34.1 Å². The number of nitrogens with one attached hydrogen (secondary N) is 2. The molecule has 1 aromatic heterocycles. The molecule has 0 radical (unpaired) electrons. The van der Waals surface area contributed by atoms with Crippen LogP contribution in [0.5, 0.6) is 0 Å². The third-order valence-electron chi connectivity index (χ3n) is 3.83. The average molecular weight is 309 g/mol. The number of carbonyl (C=O) groups excluding carboxylic acids is 2. The van der Waals surface area contributed by atoms with Gasteiger partial charge in [-0.15, -0.1) is 0 Å². The van der Waals surface area contributed by atoms with E-state index < -0.39 is 0 Å². The molecular weight excluding hydrogens is 290 g/mol. The van der Waals surface area contributed by atoms with Crippen LogP contribution in [-0.4, -0.2) is 47.4 Å². The van der Waals surface area contributed by atoms with Gasteiger partial charge >= 0.3 is 0 Å². The van der Waals surface area contributed by atoms with Gasteiger partial charge in [-0.3, -0.25) is 9.59 Å². The second-order valence-electron chi connectivity index (χ2n) is 5.44. The Balaban J connectivity index is 1.72. The maximum Gasteiger partial charge on any atom is 0.268 e. The number of nitrogen functional groups attached to an aromatic ring is 1. The number of hydrogen-bond acceptors (Lipinski definition) is 6. The van der Waals surface area contributed by atoms with Gasteiger partial charge < -0.3 is 21.3 Å². The minimum absolute atomic E-state index is 0.0849. The first-order valence-corrected chi connectivity index (χ1v) is 8.04. The number of nitrogens with zero attached hydrogens (tertiary/aromatic N) is 2. The molecule has 0 unspecified atom stereocenters. The van der Waals surface area contributed by atoms with Crippen molar-refractivity contribution < 1.29 is 9.59 Å². The fraction of sp³-hybridized carbons (Fsp3) is 0.615. The Morgan fingerprint density at radius 1 is 1.43 bits per heavy atom. The minimum Gasteiger partial charge on any atom is -0.382 e. The molecule has 2 aliphatic rings. The molecule has 1 saturated heterocycles. The quantitative estimate of drug-likeness (QED) is 0.761. The van der Waals surface area contributed by atoms with Crippen LogP contribution in [-0.2, 0) is 4.79 Å². The van der Waals surface area contributed by atoms with Gasteiger partial charge in [0.25, 0.3) is 5.91 Å². The van der Waals surface area contributed by atoms with Gasteiger partial charge in [-0.25, -0.2) is 4.98 Å². The van der Waals surface area contributed by atoms with E-state index in [9.17, 15) is 9.59 Å². The van der Waals surface area contributed by atoms with Crippen LogP contribution in [0.4, 0.5) is 10.9 Å². The van der Waals surface area contributed by atoms with E-state index in [0.29, 0.717) is 29.1 Å². The molecule has 1 aliphatic heterocycles. The van der Waals surface area contributed by atoms with E-state index in [0.717, 1.165) is 19.3 Å². The molecule has 2 fully saturated rings. The van der Waals surface area contributed by atoms with E-state index in [2.05, 4.69) is 15.6 Å². The molecule has 21 heavy (non-hydrogen) atoms. The molecule has 0 atom stereocenters. The zero-order valence-corrected chi connectivity index (χ0v) is 12.5. The van der Waals surface area contributed by atoms with Crippen LogP contribution < -0.4 is 16.4 Å². The minimum atomic E-state index is -0.205. The number of amides is 2. The molecule has 1 aromatic rings. The van der Waals surface area contributed by atoms with Crippen LogP contribution >= 0.6 is 11.3 Å². The summed E-state index contributed by atoms with van der Waals surface area (Å²) in [5, 5.41) is 6.74. The highest BCUT2D eigenvalue weighted by molar-refractivity contribution is 7.18. The first-order chi connectivity index (χ1) is 10.1. The number of thiazole rings is 1. The van der Waals surface area contributed by atoms with E-state index >= 15 is 0 Å². The zero-order valence-electron chi connectivity index (χ0n) is 11.7. The van der Waals surface area contributed by atoms with Crippen molar-refractivity contribution in [3.05, 3.63) is 4.88 Å². The summed E-state index contributed by atoms with van der Waals surface area (Å²) in [5.74, 6) is -0.0862. The Morgan fingerprint density at radius 2 is 2.24 bits per heavy atom. The first kappa shape index (κ1) is 14.1. The first-order valence-electron chi connectivity index (χ1n) is 7.22. The van der Waals surface area contributed by atoms with Gasteiger partial charge in [0.15, 0.2) is 5.13 Å². The summed E-state index contributed by atoms with van der Waals surface area (Å²) in [6.45, 7) is 1.25. The highest BCUT2D eigenvalue weighted by atomic mass is 32.1. The van der Waals surface area contributed by atoms with Gasteiger partial charge in [-0.1, -0.05) is 11.3 Å². The summed E-state index contributed by atoms with van der Waals surface area (Å²) in [7, 11) is 0. The van der Waals surface area contributed by atoms with E-state index in [1.807, 2.05) is 0 Å². The molecule has 2 amide bonds. The molecule has 1 aliphatic carbocycles. The van der Waals surface area contributed by atoms with Crippen LogP contribution in [0.15, 0.2) is 0 Å². The monoisotopic (exact) mass is 309 g/mol. The summed E-state index contributed by atoms with van der Waals surface area (Å²) in [6.07, 6.45) is 4.25. The lowest BCUT2D eigenvalue weighted by Gasteiger charge is -2.25. The van der Waals surface area contributed by atoms with Crippen molar-refractivity contribution in [2.45, 2.75) is 31.7 Å². The molecule has 1 saturated carbocycles. The highest BCUT2D eigenvalue weighted by Crippen LogP contribution is 2.30. The van der Waals surface area contributed by atoms with Gasteiger partial charge in [-0.2, -0.15) is 0 Å². The second kappa shape index (κ2) is 5.88. The summed E-state index contributed by atoms with van der Waals surface area (Å²) >= 11 is 1.28. The molecule has 0 bridgehead atoms. The molecule has 114 valence electrons. The topological polar surface area (TPSA) is 100 Å². The summed E-state index contributed by atoms with van der Waals surface area (Å²) < 4.78 is 0. The van der Waals surface area contributed by atoms with E-state index in [-0.39, 0.29) is 24.2 Å². The van der Waals surface area contributed by atoms with Crippen LogP contribution in [0.2, 0.25) is 0 Å². The number of hydrogen-bond donors (Lipinski definition) is 3. The lowest BCUT2D eigenvalue weighted by Crippen LogP contribution is -2.37. The predicted octanol–water partition coefficient (Wildman–Crippen LogP) is 0.652. The molecule has 3 rings (SSSR count). The van der Waals surface area contributed by atoms with Gasteiger partial charge in [0, 0.05) is 19.1 Å². The van der Waals surface area contributed by atoms with Gasteiger partial charge in [0.2, 0.25) is 5.91 Å². The maximum absolute atomic E-state index is 12.5. The Kier molecular flexibility index (Phi) is 3.96. The average Bonchev–Trinajstić information content (AvgIpc) is 2.62. The third kappa shape index (κ3) is 3.10. The molecule has 4 N–H and O–H groups in total. The van der Waals surface area contributed by atoms with Gasteiger partial charge in [0.1, 0.15) is 10.7 Å². The maximum atomic E-state index is 12.5. The van der Waals surface area contributed by atoms with E-state index in [1.54, 1.807) is 4.90 Å². The normalized spacial score (nSPS) is 19.6. The van der Waals surface area contributed by atoms with Gasteiger partial charge in [-0.05, 0) is 25.7 Å². The number of rotatable bonds is 3. The lowest BCUT2D eigenvalue weighted by molar-refractivity contribution is -0.121. The Hall–Kier alpha value is -1.83. The molecule has 8 heteroatoms.